The van der Waals surface area contributed by atoms with E-state index in [1.54, 1.807) is 11.3 Å². The molecule has 3 aromatic rings. The lowest BCUT2D eigenvalue weighted by molar-refractivity contribution is 0.146. The summed E-state index contributed by atoms with van der Waals surface area (Å²) in [5.41, 5.74) is 11.1. The van der Waals surface area contributed by atoms with E-state index in [0.717, 1.165) is 57.2 Å². The van der Waals surface area contributed by atoms with E-state index in [4.69, 9.17) is 5.73 Å². The Labute approximate surface area is 256 Å². The van der Waals surface area contributed by atoms with Crippen molar-refractivity contribution < 1.29 is 0 Å². The number of nitrogens with two attached hydrogens (primary N) is 1. The fourth-order valence-electron chi connectivity index (χ4n) is 5.45. The summed E-state index contributed by atoms with van der Waals surface area (Å²) in [6.45, 7) is 10.3. The summed E-state index contributed by atoms with van der Waals surface area (Å²) in [6, 6.07) is 20.3. The van der Waals surface area contributed by atoms with Gasteiger partial charge in [-0.1, -0.05) is 49.4 Å². The molecule has 10 heteroatoms. The van der Waals surface area contributed by atoms with E-state index in [1.165, 1.54) is 46.8 Å². The summed E-state index contributed by atoms with van der Waals surface area (Å²) < 4.78 is 0. The first-order valence-corrected chi connectivity index (χ1v) is 13.6. The van der Waals surface area contributed by atoms with Gasteiger partial charge in [-0.05, 0) is 55.5 Å². The van der Waals surface area contributed by atoms with E-state index < -0.39 is 0 Å². The van der Waals surface area contributed by atoms with Crippen molar-refractivity contribution in [2.24, 2.45) is 0 Å². The molecule has 212 valence electrons. The van der Waals surface area contributed by atoms with Crippen molar-refractivity contribution in [3.05, 3.63) is 65.2 Å². The molecule has 2 heterocycles. The van der Waals surface area contributed by atoms with Crippen LogP contribution in [0.4, 0.5) is 10.8 Å². The number of nitrogen functional groups attached to an aromatic ring is 1. The van der Waals surface area contributed by atoms with Gasteiger partial charge in [0, 0.05) is 55.9 Å². The van der Waals surface area contributed by atoms with Gasteiger partial charge in [-0.15, -0.1) is 61.0 Å². The third kappa shape index (κ3) is 8.62. The Kier molecular flexibility index (Phi) is 15.3. The second kappa shape index (κ2) is 16.8. The predicted molar refractivity (Wildman–Crippen MR) is 174 cm³/mol. The van der Waals surface area contributed by atoms with Crippen LogP contribution in [0.5, 0.6) is 0 Å². The summed E-state index contributed by atoms with van der Waals surface area (Å²) in [7, 11) is 0. The molecule has 1 aliphatic heterocycles. The number of nitrogens with zero attached hydrogens (tertiary/aromatic N) is 4. The maximum absolute atomic E-state index is 5.97. The van der Waals surface area contributed by atoms with Crippen LogP contribution < -0.4 is 10.6 Å². The normalized spacial score (nSPS) is 16.9. The van der Waals surface area contributed by atoms with Crippen molar-refractivity contribution in [3.8, 4) is 11.1 Å². The highest BCUT2D eigenvalue weighted by Crippen LogP contribution is 2.30. The van der Waals surface area contributed by atoms with Crippen LogP contribution in [0.15, 0.2) is 54.6 Å². The molecule has 1 fully saturated rings. The number of aromatic nitrogens is 1. The van der Waals surface area contributed by atoms with Crippen LogP contribution in [-0.4, -0.2) is 66.6 Å². The zero-order chi connectivity index (χ0) is 23.3. The summed E-state index contributed by atoms with van der Waals surface area (Å²) >= 11 is 1.70. The largest absolute Gasteiger partial charge is 0.375 e. The fraction of sp³-hybridized carbons (Fsp3) is 0.464. The molecule has 0 unspecified atom stereocenters. The van der Waals surface area contributed by atoms with Crippen LogP contribution >= 0.6 is 61.0 Å². The third-order valence-corrected chi connectivity index (χ3v) is 8.32. The van der Waals surface area contributed by atoms with E-state index in [-0.39, 0.29) is 49.6 Å². The van der Waals surface area contributed by atoms with Crippen molar-refractivity contribution in [2.75, 3.05) is 56.4 Å². The first kappa shape index (κ1) is 34.8. The van der Waals surface area contributed by atoms with Crippen molar-refractivity contribution in [1.29, 1.82) is 0 Å². The minimum absolute atomic E-state index is 0. The predicted octanol–water partition coefficient (Wildman–Crippen LogP) is 6.47. The molecule has 0 bridgehead atoms. The third-order valence-electron chi connectivity index (χ3n) is 7.37. The number of anilines is 2. The van der Waals surface area contributed by atoms with Gasteiger partial charge in [0.05, 0.1) is 5.69 Å². The number of aryl methyl sites for hydroxylation is 1. The Hall–Kier alpha value is -1.25. The summed E-state index contributed by atoms with van der Waals surface area (Å²) in [6.07, 6.45) is 4.62. The van der Waals surface area contributed by atoms with Crippen LogP contribution in [0.1, 0.15) is 30.3 Å². The second-order valence-corrected chi connectivity index (χ2v) is 10.7. The molecule has 0 saturated carbocycles. The standard InChI is InChI=1S/C28H37N5S.4ClH/c1-2-14-32(25-12-13-26-27(21-25)34-28(29)30-26)18-15-31-16-19-33(20-17-31)24-10-8-23(9-11-24)22-6-4-3-5-7-22;;;;/h3-11,25H,2,12-21H2,1H3,(H2,29,30);4*1H/t25-;;;;/m0..../s1. The summed E-state index contributed by atoms with van der Waals surface area (Å²) in [5, 5.41) is 0.736. The first-order chi connectivity index (χ1) is 16.7. The molecule has 5 rings (SSSR count). The van der Waals surface area contributed by atoms with E-state index in [1.807, 2.05) is 0 Å². The molecular formula is C28H41Cl4N5S. The Morgan fingerprint density at radius 2 is 1.55 bits per heavy atom. The van der Waals surface area contributed by atoms with Gasteiger partial charge in [0.25, 0.3) is 0 Å². The highest BCUT2D eigenvalue weighted by molar-refractivity contribution is 7.15. The van der Waals surface area contributed by atoms with Gasteiger partial charge < -0.3 is 10.6 Å². The van der Waals surface area contributed by atoms with E-state index in [0.29, 0.717) is 6.04 Å². The zero-order valence-electron chi connectivity index (χ0n) is 22.0. The van der Waals surface area contributed by atoms with E-state index in [9.17, 15) is 0 Å². The van der Waals surface area contributed by atoms with Gasteiger partial charge >= 0.3 is 0 Å². The quantitative estimate of drug-likeness (QED) is 0.313. The molecule has 0 radical (unpaired) electrons. The number of benzene rings is 2. The number of thiazole rings is 1. The highest BCUT2D eigenvalue weighted by atomic mass is 35.5. The summed E-state index contributed by atoms with van der Waals surface area (Å²) in [5.74, 6) is 0. The molecule has 0 spiro atoms. The SMILES string of the molecule is CCCN(CCN1CCN(c2ccc(-c3ccccc3)cc2)CC1)[C@H]1CCc2nc(N)sc2C1.Cl.Cl.Cl.Cl. The maximum Gasteiger partial charge on any atom is 0.180 e. The first-order valence-electron chi connectivity index (χ1n) is 12.8. The maximum atomic E-state index is 5.97. The van der Waals surface area contributed by atoms with Crippen molar-refractivity contribution in [2.45, 2.75) is 38.6 Å². The zero-order valence-corrected chi connectivity index (χ0v) is 26.0. The van der Waals surface area contributed by atoms with E-state index >= 15 is 0 Å². The number of fused-ring (bicyclic) bond motifs is 1. The Bertz CT molecular complexity index is 1060. The highest BCUT2D eigenvalue weighted by Gasteiger charge is 2.27. The molecular weight excluding hydrogens is 580 g/mol. The van der Waals surface area contributed by atoms with Crippen LogP contribution in [0, 0.1) is 0 Å². The smallest absolute Gasteiger partial charge is 0.180 e. The lowest BCUT2D eigenvalue weighted by Crippen LogP contribution is -2.50. The average molecular weight is 622 g/mol. The molecule has 2 N–H and O–H groups in total. The molecule has 1 atom stereocenters. The Morgan fingerprint density at radius 3 is 2.21 bits per heavy atom. The van der Waals surface area contributed by atoms with Gasteiger partial charge in [-0.2, -0.15) is 0 Å². The van der Waals surface area contributed by atoms with Crippen LogP contribution in [0.2, 0.25) is 0 Å². The second-order valence-electron chi connectivity index (χ2n) is 9.60. The van der Waals surface area contributed by atoms with Crippen LogP contribution in [0.3, 0.4) is 0 Å². The van der Waals surface area contributed by atoms with Crippen LogP contribution in [0.25, 0.3) is 11.1 Å². The molecule has 38 heavy (non-hydrogen) atoms. The molecule has 1 saturated heterocycles. The van der Waals surface area contributed by atoms with Crippen molar-refractivity contribution in [3.63, 3.8) is 0 Å². The molecule has 0 amide bonds. The van der Waals surface area contributed by atoms with Crippen LogP contribution in [-0.2, 0) is 12.8 Å². The molecule has 5 nitrogen and oxygen atoms in total. The topological polar surface area (TPSA) is 48.6 Å². The van der Waals surface area contributed by atoms with Gasteiger partial charge in [0.2, 0.25) is 0 Å². The monoisotopic (exact) mass is 619 g/mol. The molecule has 2 aliphatic rings. The molecule has 1 aliphatic carbocycles. The van der Waals surface area contributed by atoms with Crippen molar-refractivity contribution in [1.82, 2.24) is 14.8 Å². The molecule has 2 aromatic carbocycles. The number of rotatable bonds is 8. The van der Waals surface area contributed by atoms with Gasteiger partial charge in [-0.3, -0.25) is 9.80 Å². The molecule has 1 aromatic heterocycles. The lowest BCUT2D eigenvalue weighted by Gasteiger charge is -2.39. The summed E-state index contributed by atoms with van der Waals surface area (Å²) in [4.78, 5) is 13.9. The average Bonchev–Trinajstić information content (AvgIpc) is 3.27. The minimum atomic E-state index is 0. The van der Waals surface area contributed by atoms with Crippen molar-refractivity contribution >= 4 is 71.8 Å². The van der Waals surface area contributed by atoms with E-state index in [2.05, 4.69) is 81.2 Å². The number of piperazine rings is 1. The van der Waals surface area contributed by atoms with Gasteiger partial charge in [-0.25, -0.2) is 4.98 Å². The van der Waals surface area contributed by atoms with Gasteiger partial charge in [0.15, 0.2) is 5.13 Å². The van der Waals surface area contributed by atoms with Gasteiger partial charge in [0.1, 0.15) is 0 Å². The lowest BCUT2D eigenvalue weighted by atomic mass is 9.96. The number of halogens is 4. The minimum Gasteiger partial charge on any atom is -0.375 e. The number of hydrogen-bond acceptors (Lipinski definition) is 6. The number of hydrogen-bond donors (Lipinski definition) is 1. The Morgan fingerprint density at radius 1 is 0.895 bits per heavy atom. The fourth-order valence-corrected chi connectivity index (χ4v) is 6.40. The Balaban J connectivity index is 0.00000180.